The van der Waals surface area contributed by atoms with Crippen LogP contribution in [0.2, 0.25) is 0 Å². The molecular formula is C18H20N2O5. The molecule has 0 spiro atoms. The molecule has 0 saturated heterocycles. The summed E-state index contributed by atoms with van der Waals surface area (Å²) in [4.78, 5) is 23.9. The van der Waals surface area contributed by atoms with Crippen LogP contribution in [0.3, 0.4) is 0 Å². The van der Waals surface area contributed by atoms with Crippen LogP contribution in [-0.4, -0.2) is 36.3 Å². The van der Waals surface area contributed by atoms with E-state index in [4.69, 9.17) is 14.2 Å². The zero-order valence-corrected chi connectivity index (χ0v) is 14.2. The van der Waals surface area contributed by atoms with Crippen LogP contribution in [0.4, 0.5) is 0 Å². The molecule has 25 heavy (non-hydrogen) atoms. The zero-order chi connectivity index (χ0) is 17.8. The summed E-state index contributed by atoms with van der Waals surface area (Å²) in [5.74, 6) is 0.463. The second-order valence-electron chi connectivity index (χ2n) is 5.77. The molecular weight excluding hydrogens is 324 g/mol. The van der Waals surface area contributed by atoms with E-state index in [1.54, 1.807) is 29.9 Å². The van der Waals surface area contributed by atoms with Crippen LogP contribution < -0.4 is 14.8 Å². The maximum atomic E-state index is 12.0. The number of aromatic nitrogens is 1. The van der Waals surface area contributed by atoms with E-state index in [0.717, 1.165) is 5.56 Å². The van der Waals surface area contributed by atoms with Crippen LogP contribution in [0.25, 0.3) is 0 Å². The van der Waals surface area contributed by atoms with E-state index < -0.39 is 5.97 Å². The Morgan fingerprint density at radius 1 is 1.24 bits per heavy atom. The van der Waals surface area contributed by atoms with Crippen molar-refractivity contribution in [2.24, 2.45) is 7.05 Å². The van der Waals surface area contributed by atoms with Crippen molar-refractivity contribution in [1.29, 1.82) is 0 Å². The molecule has 0 unspecified atom stereocenters. The largest absolute Gasteiger partial charge is 0.486 e. The van der Waals surface area contributed by atoms with Gasteiger partial charge in [-0.15, -0.1) is 0 Å². The van der Waals surface area contributed by atoms with Gasteiger partial charge in [-0.05, 0) is 36.8 Å². The van der Waals surface area contributed by atoms with Gasteiger partial charge in [-0.1, -0.05) is 6.07 Å². The van der Waals surface area contributed by atoms with E-state index in [1.807, 2.05) is 25.1 Å². The Labute approximate surface area is 145 Å². The summed E-state index contributed by atoms with van der Waals surface area (Å²) < 4.78 is 17.7. The number of nitrogens with one attached hydrogen (secondary N) is 1. The van der Waals surface area contributed by atoms with Crippen molar-refractivity contribution in [3.8, 4) is 11.5 Å². The summed E-state index contributed by atoms with van der Waals surface area (Å²) in [6.07, 6.45) is 1.74. The Hall–Kier alpha value is -2.96. The number of amides is 1. The molecule has 0 fully saturated rings. The third kappa shape index (κ3) is 3.93. The lowest BCUT2D eigenvalue weighted by Crippen LogP contribution is -2.31. The molecule has 1 aromatic heterocycles. The number of fused-ring (bicyclic) bond motifs is 1. The van der Waals surface area contributed by atoms with Crippen LogP contribution in [0, 0.1) is 0 Å². The highest BCUT2D eigenvalue weighted by molar-refractivity contribution is 5.90. The second kappa shape index (κ2) is 7.29. The van der Waals surface area contributed by atoms with Crippen molar-refractivity contribution in [1.82, 2.24) is 9.88 Å². The van der Waals surface area contributed by atoms with Gasteiger partial charge in [-0.3, -0.25) is 4.79 Å². The van der Waals surface area contributed by atoms with Gasteiger partial charge >= 0.3 is 5.97 Å². The number of rotatable bonds is 5. The number of esters is 1. The van der Waals surface area contributed by atoms with E-state index in [9.17, 15) is 9.59 Å². The summed E-state index contributed by atoms with van der Waals surface area (Å²) >= 11 is 0. The van der Waals surface area contributed by atoms with Gasteiger partial charge in [0, 0.05) is 13.2 Å². The number of carbonyl (C=O) groups excluding carboxylic acids is 2. The molecule has 1 aliphatic heterocycles. The molecule has 0 radical (unpaired) electrons. The first-order valence-electron chi connectivity index (χ1n) is 8.02. The predicted molar refractivity (Wildman–Crippen MR) is 89.7 cm³/mol. The lowest BCUT2D eigenvalue weighted by Gasteiger charge is -2.21. The average molecular weight is 344 g/mol. The fourth-order valence-corrected chi connectivity index (χ4v) is 2.57. The summed E-state index contributed by atoms with van der Waals surface area (Å²) in [6, 6.07) is 8.65. The summed E-state index contributed by atoms with van der Waals surface area (Å²) in [7, 11) is 1.74. The van der Waals surface area contributed by atoms with Crippen LogP contribution in [0.5, 0.6) is 11.5 Å². The van der Waals surface area contributed by atoms with Gasteiger partial charge in [0.25, 0.3) is 5.91 Å². The molecule has 0 aliphatic carbocycles. The van der Waals surface area contributed by atoms with Gasteiger partial charge in [0.1, 0.15) is 18.9 Å². The minimum atomic E-state index is -0.533. The molecule has 132 valence electrons. The van der Waals surface area contributed by atoms with Gasteiger partial charge in [-0.2, -0.15) is 0 Å². The highest BCUT2D eigenvalue weighted by Crippen LogP contribution is 2.32. The average Bonchev–Trinajstić information content (AvgIpc) is 3.05. The molecule has 2 aromatic rings. The van der Waals surface area contributed by atoms with E-state index in [0.29, 0.717) is 30.4 Å². The van der Waals surface area contributed by atoms with Gasteiger partial charge in [0.05, 0.1) is 6.04 Å². The summed E-state index contributed by atoms with van der Waals surface area (Å²) in [5, 5.41) is 2.80. The number of aryl methyl sites for hydroxylation is 1. The first-order chi connectivity index (χ1) is 12.0. The van der Waals surface area contributed by atoms with E-state index in [2.05, 4.69) is 5.32 Å². The van der Waals surface area contributed by atoms with Crippen LogP contribution in [-0.2, 0) is 16.6 Å². The Morgan fingerprint density at radius 3 is 2.72 bits per heavy atom. The normalized spacial score (nSPS) is 13.8. The Morgan fingerprint density at radius 2 is 2.00 bits per heavy atom. The second-order valence-corrected chi connectivity index (χ2v) is 5.77. The van der Waals surface area contributed by atoms with Crippen molar-refractivity contribution in [3.63, 3.8) is 0 Å². The van der Waals surface area contributed by atoms with Crippen molar-refractivity contribution < 1.29 is 23.8 Å². The highest BCUT2D eigenvalue weighted by atomic mass is 16.6. The summed E-state index contributed by atoms with van der Waals surface area (Å²) in [5.41, 5.74) is 1.28. The van der Waals surface area contributed by atoms with Crippen LogP contribution >= 0.6 is 0 Å². The van der Waals surface area contributed by atoms with E-state index in [1.165, 1.54) is 0 Å². The lowest BCUT2D eigenvalue weighted by atomic mass is 10.1. The third-order valence-corrected chi connectivity index (χ3v) is 3.93. The topological polar surface area (TPSA) is 78.8 Å². The Bertz CT molecular complexity index is 784. The van der Waals surface area contributed by atoms with E-state index >= 15 is 0 Å². The molecule has 0 saturated carbocycles. The maximum Gasteiger partial charge on any atom is 0.355 e. The van der Waals surface area contributed by atoms with Crippen molar-refractivity contribution in [2.75, 3.05) is 19.8 Å². The number of carbonyl (C=O) groups is 2. The lowest BCUT2D eigenvalue weighted by molar-refractivity contribution is -0.124. The SMILES string of the molecule is C[C@H](NC(=O)COC(=O)c1cccn1C)c1ccc2c(c1)OCCO2. The quantitative estimate of drug-likeness (QED) is 0.837. The van der Waals surface area contributed by atoms with Crippen molar-refractivity contribution >= 4 is 11.9 Å². The van der Waals surface area contributed by atoms with Crippen LogP contribution in [0.15, 0.2) is 36.5 Å². The van der Waals surface area contributed by atoms with Crippen LogP contribution in [0.1, 0.15) is 29.0 Å². The first kappa shape index (κ1) is 16.9. The first-order valence-corrected chi connectivity index (χ1v) is 8.02. The van der Waals surface area contributed by atoms with Gasteiger partial charge < -0.3 is 24.1 Å². The Kier molecular flexibility index (Phi) is 4.92. The van der Waals surface area contributed by atoms with Crippen molar-refractivity contribution in [2.45, 2.75) is 13.0 Å². The maximum absolute atomic E-state index is 12.0. The predicted octanol–water partition coefficient (Wildman–Crippen LogP) is 1.83. The van der Waals surface area contributed by atoms with E-state index in [-0.39, 0.29) is 18.6 Å². The molecule has 2 heterocycles. The summed E-state index contributed by atoms with van der Waals surface area (Å²) in [6.45, 7) is 2.55. The molecule has 1 amide bonds. The smallest absolute Gasteiger partial charge is 0.355 e. The standard InChI is InChI=1S/C18H20N2O5/c1-12(13-5-6-15-16(10-13)24-9-8-23-15)19-17(21)11-25-18(22)14-4-3-7-20(14)2/h3-7,10,12H,8-9,11H2,1-2H3,(H,19,21)/t12-/m0/s1. The fraction of sp³-hybridized carbons (Fsp3) is 0.333. The minimum absolute atomic E-state index is 0.253. The number of ether oxygens (including phenoxy) is 3. The number of benzene rings is 1. The van der Waals surface area contributed by atoms with Crippen molar-refractivity contribution in [3.05, 3.63) is 47.8 Å². The number of nitrogens with zero attached hydrogens (tertiary/aromatic N) is 1. The fourth-order valence-electron chi connectivity index (χ4n) is 2.57. The Balaban J connectivity index is 1.54. The monoisotopic (exact) mass is 344 g/mol. The van der Waals surface area contributed by atoms with Gasteiger partial charge in [0.2, 0.25) is 0 Å². The third-order valence-electron chi connectivity index (χ3n) is 3.93. The molecule has 3 rings (SSSR count). The molecule has 1 N–H and O–H groups in total. The number of hydrogen-bond donors (Lipinski definition) is 1. The van der Waals surface area contributed by atoms with Gasteiger partial charge in [-0.25, -0.2) is 4.79 Å². The molecule has 1 atom stereocenters. The molecule has 0 bridgehead atoms. The molecule has 1 aromatic carbocycles. The minimum Gasteiger partial charge on any atom is -0.486 e. The molecule has 1 aliphatic rings. The van der Waals surface area contributed by atoms with Gasteiger partial charge in [0.15, 0.2) is 18.1 Å². The molecule has 7 heteroatoms. The number of hydrogen-bond acceptors (Lipinski definition) is 5. The molecule has 7 nitrogen and oxygen atoms in total. The highest BCUT2D eigenvalue weighted by Gasteiger charge is 2.17. The zero-order valence-electron chi connectivity index (χ0n) is 14.2.